The van der Waals surface area contributed by atoms with E-state index in [1.807, 2.05) is 13.8 Å². The van der Waals surface area contributed by atoms with Gasteiger partial charge in [-0.2, -0.15) is 0 Å². The van der Waals surface area contributed by atoms with Gasteiger partial charge in [0.2, 0.25) is 10.0 Å². The van der Waals surface area contributed by atoms with Crippen LogP contribution >= 0.6 is 0 Å². The topological polar surface area (TPSA) is 69.4 Å². The van der Waals surface area contributed by atoms with Crippen molar-refractivity contribution >= 4 is 10.0 Å². The second-order valence-electron chi connectivity index (χ2n) is 8.27. The molecule has 2 aliphatic carbocycles. The van der Waals surface area contributed by atoms with Crippen molar-refractivity contribution in [2.45, 2.75) is 60.0 Å². The molecule has 0 heterocycles. The van der Waals surface area contributed by atoms with Gasteiger partial charge in [0.15, 0.2) is 0 Å². The van der Waals surface area contributed by atoms with E-state index < -0.39 is 10.0 Å². The molecule has 0 spiro atoms. The Kier molecular flexibility index (Phi) is 4.51. The van der Waals surface area contributed by atoms with Gasteiger partial charge in [-0.25, -0.2) is 13.6 Å². The van der Waals surface area contributed by atoms with Crippen LogP contribution in [0, 0.1) is 28.6 Å². The van der Waals surface area contributed by atoms with Crippen molar-refractivity contribution in [2.75, 3.05) is 12.4 Å². The molecule has 21 heavy (non-hydrogen) atoms. The molecular weight excluding hydrogens is 286 g/mol. The fraction of sp³-hybridized carbons (Fsp3) is 1.00. The third kappa shape index (κ3) is 3.15. The fourth-order valence-corrected chi connectivity index (χ4v) is 5.43. The number of hydrogen-bond acceptors (Lipinski definition) is 3. The summed E-state index contributed by atoms with van der Waals surface area (Å²) < 4.78 is 28.9. The van der Waals surface area contributed by atoms with Crippen molar-refractivity contribution in [3.8, 4) is 0 Å². The van der Waals surface area contributed by atoms with E-state index >= 15 is 0 Å². The maximum Gasteiger partial charge on any atom is 0.209 e. The molecule has 2 saturated carbocycles. The lowest BCUT2D eigenvalue weighted by Crippen LogP contribution is -2.39. The van der Waals surface area contributed by atoms with Crippen LogP contribution in [0.15, 0.2) is 0 Å². The standard InChI is InChI=1S/C16H31NO3S/c1-11(2)12(10-21(17,18)19)9-20-14-8-13-6-7-16(14,5)15(13,3)4/h11-14H,6-10H2,1-5H3,(H2,17,18,19). The SMILES string of the molecule is CC(C)C(COC1CC2CCC1(C)C2(C)C)CS(N)(=O)=O. The van der Waals surface area contributed by atoms with Crippen LogP contribution in [-0.2, 0) is 14.8 Å². The van der Waals surface area contributed by atoms with Crippen LogP contribution in [0.1, 0.15) is 53.9 Å². The Balaban J connectivity index is 2.00. The largest absolute Gasteiger partial charge is 0.377 e. The molecule has 0 aliphatic heterocycles. The summed E-state index contributed by atoms with van der Waals surface area (Å²) in [7, 11) is -3.44. The maximum absolute atomic E-state index is 11.4. The predicted octanol–water partition coefficient (Wildman–Crippen LogP) is 2.78. The minimum absolute atomic E-state index is 0.0148. The number of sulfonamides is 1. The number of ether oxygens (including phenoxy) is 1. The molecule has 4 unspecified atom stereocenters. The first-order chi connectivity index (χ1) is 9.47. The Hall–Kier alpha value is -0.130. The summed E-state index contributed by atoms with van der Waals surface area (Å²) in [5.41, 5.74) is 0.547. The van der Waals surface area contributed by atoms with Crippen LogP contribution in [0.25, 0.3) is 0 Å². The van der Waals surface area contributed by atoms with E-state index in [4.69, 9.17) is 9.88 Å². The first-order valence-corrected chi connectivity index (χ1v) is 9.81. The van der Waals surface area contributed by atoms with Gasteiger partial charge in [-0.05, 0) is 47.8 Å². The van der Waals surface area contributed by atoms with E-state index in [9.17, 15) is 8.42 Å². The number of primary sulfonamides is 1. The summed E-state index contributed by atoms with van der Waals surface area (Å²) in [5, 5.41) is 5.20. The summed E-state index contributed by atoms with van der Waals surface area (Å²) in [6, 6.07) is 0. The number of rotatable bonds is 6. The molecule has 0 saturated heterocycles. The van der Waals surface area contributed by atoms with Gasteiger partial charge in [0.1, 0.15) is 0 Å². The molecule has 2 aliphatic rings. The number of fused-ring (bicyclic) bond motifs is 2. The zero-order valence-corrected chi connectivity index (χ0v) is 14.9. The zero-order chi connectivity index (χ0) is 16.1. The van der Waals surface area contributed by atoms with E-state index in [2.05, 4.69) is 20.8 Å². The summed E-state index contributed by atoms with van der Waals surface area (Å²) in [5.74, 6) is 0.984. The normalized spacial score (nSPS) is 36.3. The van der Waals surface area contributed by atoms with Crippen LogP contribution in [0.3, 0.4) is 0 Å². The molecular formula is C16H31NO3S. The van der Waals surface area contributed by atoms with Crippen molar-refractivity contribution in [3.05, 3.63) is 0 Å². The van der Waals surface area contributed by atoms with Crippen molar-refractivity contribution in [1.82, 2.24) is 0 Å². The first-order valence-electron chi connectivity index (χ1n) is 8.09. The van der Waals surface area contributed by atoms with Gasteiger partial charge in [-0.15, -0.1) is 0 Å². The van der Waals surface area contributed by atoms with E-state index in [1.165, 1.54) is 12.8 Å². The first kappa shape index (κ1) is 17.2. The second-order valence-corrected chi connectivity index (χ2v) is 9.93. The molecule has 0 aromatic rings. The smallest absolute Gasteiger partial charge is 0.209 e. The summed E-state index contributed by atoms with van der Waals surface area (Å²) in [4.78, 5) is 0. The van der Waals surface area contributed by atoms with Crippen LogP contribution < -0.4 is 5.14 Å². The summed E-state index contributed by atoms with van der Waals surface area (Å²) >= 11 is 0. The van der Waals surface area contributed by atoms with E-state index in [0.717, 1.165) is 12.3 Å². The average molecular weight is 317 g/mol. The Morgan fingerprint density at radius 2 is 1.90 bits per heavy atom. The van der Waals surface area contributed by atoms with Gasteiger partial charge < -0.3 is 4.74 Å². The van der Waals surface area contributed by atoms with Crippen molar-refractivity contribution in [2.24, 2.45) is 33.7 Å². The Morgan fingerprint density at radius 3 is 2.29 bits per heavy atom. The summed E-state index contributed by atoms with van der Waals surface area (Å²) in [6.45, 7) is 11.6. The average Bonchev–Trinajstić information content (AvgIpc) is 2.65. The van der Waals surface area contributed by atoms with Gasteiger partial charge >= 0.3 is 0 Å². The van der Waals surface area contributed by atoms with Crippen molar-refractivity contribution in [1.29, 1.82) is 0 Å². The molecule has 0 amide bonds. The lowest BCUT2D eigenvalue weighted by atomic mass is 9.70. The molecule has 2 rings (SSSR count). The van der Waals surface area contributed by atoms with Crippen molar-refractivity contribution < 1.29 is 13.2 Å². The molecule has 0 radical (unpaired) electrons. The minimum Gasteiger partial charge on any atom is -0.377 e. The van der Waals surface area contributed by atoms with Gasteiger partial charge in [0.25, 0.3) is 0 Å². The highest BCUT2D eigenvalue weighted by Gasteiger charge is 2.61. The van der Waals surface area contributed by atoms with Crippen LogP contribution in [0.2, 0.25) is 0 Å². The van der Waals surface area contributed by atoms with Gasteiger partial charge in [-0.1, -0.05) is 34.6 Å². The van der Waals surface area contributed by atoms with E-state index in [-0.39, 0.29) is 29.1 Å². The Bertz CT molecular complexity index is 486. The highest BCUT2D eigenvalue weighted by molar-refractivity contribution is 7.89. The quantitative estimate of drug-likeness (QED) is 0.819. The zero-order valence-electron chi connectivity index (χ0n) is 14.1. The third-order valence-electron chi connectivity index (χ3n) is 6.61. The third-order valence-corrected chi connectivity index (χ3v) is 7.51. The molecule has 124 valence electrons. The molecule has 4 nitrogen and oxygen atoms in total. The highest BCUT2D eigenvalue weighted by Crippen LogP contribution is 2.66. The van der Waals surface area contributed by atoms with Crippen molar-refractivity contribution in [3.63, 3.8) is 0 Å². The molecule has 0 aromatic heterocycles. The van der Waals surface area contributed by atoms with E-state index in [1.54, 1.807) is 0 Å². The molecule has 2 fully saturated rings. The van der Waals surface area contributed by atoms with Gasteiger partial charge in [0, 0.05) is 0 Å². The van der Waals surface area contributed by atoms with Gasteiger partial charge in [0.05, 0.1) is 18.5 Å². The van der Waals surface area contributed by atoms with Gasteiger partial charge in [-0.3, -0.25) is 0 Å². The molecule has 2 bridgehead atoms. The van der Waals surface area contributed by atoms with Crippen LogP contribution in [0.5, 0.6) is 0 Å². The lowest BCUT2D eigenvalue weighted by molar-refractivity contribution is -0.0607. The Morgan fingerprint density at radius 1 is 1.29 bits per heavy atom. The summed E-state index contributed by atoms with van der Waals surface area (Å²) in [6.07, 6.45) is 3.89. The molecule has 5 heteroatoms. The lowest BCUT2D eigenvalue weighted by Gasteiger charge is -2.39. The predicted molar refractivity (Wildman–Crippen MR) is 85.3 cm³/mol. The number of hydrogen-bond donors (Lipinski definition) is 1. The minimum atomic E-state index is -3.44. The number of nitrogens with two attached hydrogens (primary N) is 1. The molecule has 4 atom stereocenters. The molecule has 2 N–H and O–H groups in total. The fourth-order valence-electron chi connectivity index (χ4n) is 4.35. The maximum atomic E-state index is 11.4. The second kappa shape index (κ2) is 5.50. The Labute approximate surface area is 129 Å². The molecule has 0 aromatic carbocycles. The van der Waals surface area contributed by atoms with Crippen LogP contribution in [-0.4, -0.2) is 26.9 Å². The monoisotopic (exact) mass is 317 g/mol. The highest BCUT2D eigenvalue weighted by atomic mass is 32.2. The van der Waals surface area contributed by atoms with E-state index in [0.29, 0.717) is 12.0 Å². The van der Waals surface area contributed by atoms with Crippen LogP contribution in [0.4, 0.5) is 0 Å².